The second kappa shape index (κ2) is 5.75. The van der Waals surface area contributed by atoms with E-state index in [2.05, 4.69) is 50.4 Å². The molecule has 2 nitrogen and oxygen atoms in total. The average Bonchev–Trinajstić information content (AvgIpc) is 2.39. The van der Waals surface area contributed by atoms with Gasteiger partial charge < -0.3 is 10.1 Å². The molecule has 0 aromatic heterocycles. The van der Waals surface area contributed by atoms with Crippen molar-refractivity contribution in [2.24, 2.45) is 0 Å². The van der Waals surface area contributed by atoms with Gasteiger partial charge in [-0.2, -0.15) is 0 Å². The zero-order valence-electron chi connectivity index (χ0n) is 11.8. The summed E-state index contributed by atoms with van der Waals surface area (Å²) in [4.78, 5) is 0. The summed E-state index contributed by atoms with van der Waals surface area (Å²) < 4.78 is 6.17. The van der Waals surface area contributed by atoms with Gasteiger partial charge >= 0.3 is 0 Å². The van der Waals surface area contributed by atoms with E-state index in [9.17, 15) is 0 Å². The van der Waals surface area contributed by atoms with Crippen LogP contribution in [-0.4, -0.2) is 12.1 Å². The molecule has 18 heavy (non-hydrogen) atoms. The lowest BCUT2D eigenvalue weighted by molar-refractivity contribution is 0.0442. The highest BCUT2D eigenvalue weighted by molar-refractivity contribution is 5.38. The lowest BCUT2D eigenvalue weighted by atomic mass is 9.86. The van der Waals surface area contributed by atoms with Gasteiger partial charge in [-0.05, 0) is 32.4 Å². The molecule has 0 amide bonds. The summed E-state index contributed by atoms with van der Waals surface area (Å²) in [6.07, 6.45) is 4.59. The van der Waals surface area contributed by atoms with E-state index in [0.29, 0.717) is 6.04 Å². The smallest absolute Gasteiger partial charge is 0.124 e. The molecule has 100 valence electrons. The summed E-state index contributed by atoms with van der Waals surface area (Å²) in [5.74, 6) is 1.06. The number of para-hydroxylation sites is 1. The Morgan fingerprint density at radius 1 is 1.33 bits per heavy atom. The molecule has 1 aromatic carbocycles. The first-order chi connectivity index (χ1) is 8.68. The van der Waals surface area contributed by atoms with Crippen LogP contribution in [0.2, 0.25) is 0 Å². The van der Waals surface area contributed by atoms with Gasteiger partial charge in [0.2, 0.25) is 0 Å². The largest absolute Gasteiger partial charge is 0.487 e. The van der Waals surface area contributed by atoms with E-state index in [1.807, 2.05) is 0 Å². The molecule has 2 unspecified atom stereocenters. The molecule has 2 heteroatoms. The first kappa shape index (κ1) is 13.4. The lowest BCUT2D eigenvalue weighted by Gasteiger charge is -2.40. The standard InChI is InChI=1S/C16H25NO/c1-4-6-11-17-14-12-16(3,5-2)18-15-10-8-7-9-13(14)15/h7-10,14,17H,4-6,11-12H2,1-3H3. The Bertz CT molecular complexity index is 390. The van der Waals surface area contributed by atoms with E-state index < -0.39 is 0 Å². The van der Waals surface area contributed by atoms with Gasteiger partial charge in [-0.25, -0.2) is 0 Å². The Morgan fingerprint density at radius 2 is 2.11 bits per heavy atom. The van der Waals surface area contributed by atoms with Gasteiger partial charge in [-0.15, -0.1) is 0 Å². The molecule has 0 bridgehead atoms. The fourth-order valence-corrected chi connectivity index (χ4v) is 2.56. The van der Waals surface area contributed by atoms with E-state index in [1.54, 1.807) is 0 Å². The quantitative estimate of drug-likeness (QED) is 0.792. The van der Waals surface area contributed by atoms with Crippen LogP contribution in [0.4, 0.5) is 0 Å². The third kappa shape index (κ3) is 2.86. The van der Waals surface area contributed by atoms with Crippen LogP contribution in [0, 0.1) is 0 Å². The number of fused-ring (bicyclic) bond motifs is 1. The van der Waals surface area contributed by atoms with Crippen LogP contribution in [-0.2, 0) is 0 Å². The van der Waals surface area contributed by atoms with Crippen LogP contribution < -0.4 is 10.1 Å². The highest BCUT2D eigenvalue weighted by atomic mass is 16.5. The van der Waals surface area contributed by atoms with E-state index >= 15 is 0 Å². The number of hydrogen-bond donors (Lipinski definition) is 1. The summed E-state index contributed by atoms with van der Waals surface area (Å²) in [7, 11) is 0. The Labute approximate surface area is 111 Å². The summed E-state index contributed by atoms with van der Waals surface area (Å²) in [5, 5.41) is 3.69. The van der Waals surface area contributed by atoms with E-state index in [4.69, 9.17) is 4.74 Å². The number of rotatable bonds is 5. The van der Waals surface area contributed by atoms with Gasteiger partial charge in [0.25, 0.3) is 0 Å². The minimum absolute atomic E-state index is 0.0295. The fraction of sp³-hybridized carbons (Fsp3) is 0.625. The molecule has 1 heterocycles. The van der Waals surface area contributed by atoms with Crippen molar-refractivity contribution in [1.29, 1.82) is 0 Å². The monoisotopic (exact) mass is 247 g/mol. The molecule has 0 saturated heterocycles. The Kier molecular flexibility index (Phi) is 4.28. The Balaban J connectivity index is 2.17. The maximum absolute atomic E-state index is 6.17. The van der Waals surface area contributed by atoms with Crippen LogP contribution in [0.3, 0.4) is 0 Å². The normalized spacial score (nSPS) is 26.5. The molecule has 0 spiro atoms. The SMILES string of the molecule is CCCCNC1CC(C)(CC)Oc2ccccc21. The number of benzene rings is 1. The fourth-order valence-electron chi connectivity index (χ4n) is 2.56. The molecular formula is C16H25NO. The zero-order valence-corrected chi connectivity index (χ0v) is 11.8. The van der Waals surface area contributed by atoms with Crippen molar-refractivity contribution in [3.63, 3.8) is 0 Å². The second-order valence-electron chi connectivity index (χ2n) is 5.51. The molecular weight excluding hydrogens is 222 g/mol. The van der Waals surface area contributed by atoms with E-state index in [-0.39, 0.29) is 5.60 Å². The zero-order chi connectivity index (χ0) is 13.0. The Hall–Kier alpha value is -1.02. The molecule has 1 N–H and O–H groups in total. The van der Waals surface area contributed by atoms with Crippen LogP contribution >= 0.6 is 0 Å². The Morgan fingerprint density at radius 3 is 2.83 bits per heavy atom. The summed E-state index contributed by atoms with van der Waals surface area (Å²) in [6.45, 7) is 7.75. The molecule has 1 aliphatic heterocycles. The first-order valence-corrected chi connectivity index (χ1v) is 7.20. The maximum Gasteiger partial charge on any atom is 0.124 e. The maximum atomic E-state index is 6.17. The van der Waals surface area contributed by atoms with Gasteiger partial charge in [0.1, 0.15) is 11.4 Å². The van der Waals surface area contributed by atoms with Crippen molar-refractivity contribution in [3.8, 4) is 5.75 Å². The third-order valence-corrected chi connectivity index (χ3v) is 3.96. The molecule has 0 aliphatic carbocycles. The molecule has 0 saturated carbocycles. The highest BCUT2D eigenvalue weighted by Crippen LogP contribution is 2.40. The minimum Gasteiger partial charge on any atom is -0.487 e. The van der Waals surface area contributed by atoms with Crippen molar-refractivity contribution in [3.05, 3.63) is 29.8 Å². The first-order valence-electron chi connectivity index (χ1n) is 7.20. The van der Waals surface area contributed by atoms with Gasteiger partial charge in [-0.3, -0.25) is 0 Å². The van der Waals surface area contributed by atoms with Gasteiger partial charge in [0.05, 0.1) is 0 Å². The van der Waals surface area contributed by atoms with Crippen LogP contribution in [0.15, 0.2) is 24.3 Å². The van der Waals surface area contributed by atoms with Crippen molar-refractivity contribution in [1.82, 2.24) is 5.32 Å². The van der Waals surface area contributed by atoms with Crippen molar-refractivity contribution < 1.29 is 4.74 Å². The van der Waals surface area contributed by atoms with Crippen LogP contribution in [0.1, 0.15) is 58.1 Å². The number of unbranched alkanes of at least 4 members (excludes halogenated alkanes) is 1. The van der Waals surface area contributed by atoms with Crippen LogP contribution in [0.25, 0.3) is 0 Å². The van der Waals surface area contributed by atoms with E-state index in [1.165, 1.54) is 18.4 Å². The molecule has 0 radical (unpaired) electrons. The minimum atomic E-state index is -0.0295. The molecule has 1 aliphatic rings. The van der Waals surface area contributed by atoms with E-state index in [0.717, 1.165) is 25.1 Å². The number of ether oxygens (including phenoxy) is 1. The van der Waals surface area contributed by atoms with Gasteiger partial charge in [-0.1, -0.05) is 38.5 Å². The molecule has 2 rings (SSSR count). The van der Waals surface area contributed by atoms with Crippen molar-refractivity contribution in [2.45, 2.75) is 58.1 Å². The van der Waals surface area contributed by atoms with Crippen molar-refractivity contribution >= 4 is 0 Å². The number of nitrogens with one attached hydrogen (secondary N) is 1. The second-order valence-corrected chi connectivity index (χ2v) is 5.51. The lowest BCUT2D eigenvalue weighted by Crippen LogP contribution is -2.41. The summed E-state index contributed by atoms with van der Waals surface area (Å²) >= 11 is 0. The van der Waals surface area contributed by atoms with Crippen molar-refractivity contribution in [2.75, 3.05) is 6.54 Å². The molecule has 1 aromatic rings. The summed E-state index contributed by atoms with van der Waals surface area (Å²) in [5.41, 5.74) is 1.29. The third-order valence-electron chi connectivity index (χ3n) is 3.96. The average molecular weight is 247 g/mol. The summed E-state index contributed by atoms with van der Waals surface area (Å²) in [6, 6.07) is 8.88. The predicted molar refractivity (Wildman–Crippen MR) is 76.0 cm³/mol. The topological polar surface area (TPSA) is 21.3 Å². The van der Waals surface area contributed by atoms with Gasteiger partial charge in [0.15, 0.2) is 0 Å². The van der Waals surface area contributed by atoms with Crippen LogP contribution in [0.5, 0.6) is 5.75 Å². The highest BCUT2D eigenvalue weighted by Gasteiger charge is 2.35. The molecule has 2 atom stereocenters. The predicted octanol–water partition coefficient (Wildman–Crippen LogP) is 4.07. The molecule has 0 fully saturated rings. The number of hydrogen-bond acceptors (Lipinski definition) is 2. The van der Waals surface area contributed by atoms with Gasteiger partial charge in [0, 0.05) is 18.0 Å².